The van der Waals surface area contributed by atoms with Gasteiger partial charge in [-0.25, -0.2) is 0 Å². The van der Waals surface area contributed by atoms with Crippen LogP contribution in [0.15, 0.2) is 48.5 Å². The third-order valence-electron chi connectivity index (χ3n) is 3.68. The second-order valence-corrected chi connectivity index (χ2v) is 5.84. The van der Waals surface area contributed by atoms with Gasteiger partial charge in [-0.3, -0.25) is 0 Å². The normalized spacial score (nSPS) is 10.0. The van der Waals surface area contributed by atoms with E-state index < -0.39 is 0 Å². The molecule has 0 aliphatic rings. The zero-order valence-corrected chi connectivity index (χ0v) is 15.7. The molecule has 6 heteroatoms. The first-order valence-corrected chi connectivity index (χ1v) is 8.66. The van der Waals surface area contributed by atoms with Crippen molar-refractivity contribution in [2.24, 2.45) is 0 Å². The van der Waals surface area contributed by atoms with Crippen molar-refractivity contribution in [1.82, 2.24) is 5.32 Å². The van der Waals surface area contributed by atoms with Crippen LogP contribution >= 0.6 is 12.2 Å². The van der Waals surface area contributed by atoms with Crippen LogP contribution in [0.2, 0.25) is 0 Å². The summed E-state index contributed by atoms with van der Waals surface area (Å²) in [5, 5.41) is 6.99. The van der Waals surface area contributed by atoms with Crippen LogP contribution in [0.5, 0.6) is 11.5 Å². The number of benzene rings is 2. The Morgan fingerprint density at radius 1 is 1.12 bits per heavy atom. The molecule has 0 heterocycles. The quantitative estimate of drug-likeness (QED) is 0.703. The first-order valence-electron chi connectivity index (χ1n) is 8.26. The fourth-order valence-corrected chi connectivity index (χ4v) is 2.53. The summed E-state index contributed by atoms with van der Waals surface area (Å²) in [6.07, 6.45) is 0. The molecule has 0 radical (unpaired) electrons. The summed E-state index contributed by atoms with van der Waals surface area (Å²) < 4.78 is 10.8. The van der Waals surface area contributed by atoms with E-state index in [1.54, 1.807) is 7.11 Å². The van der Waals surface area contributed by atoms with Crippen LogP contribution in [-0.4, -0.2) is 39.0 Å². The molecule has 0 spiro atoms. The van der Waals surface area contributed by atoms with Crippen LogP contribution in [0.4, 0.5) is 11.4 Å². The van der Waals surface area contributed by atoms with Crippen molar-refractivity contribution < 1.29 is 9.47 Å². The van der Waals surface area contributed by atoms with E-state index in [2.05, 4.69) is 15.5 Å². The lowest BCUT2D eigenvalue weighted by molar-refractivity contribution is 0.342. The number of nitrogens with one attached hydrogen (secondary N) is 2. The highest BCUT2D eigenvalue weighted by molar-refractivity contribution is 7.80. The Hall–Kier alpha value is -2.47. The van der Waals surface area contributed by atoms with Crippen molar-refractivity contribution in [3.05, 3.63) is 48.5 Å². The van der Waals surface area contributed by atoms with E-state index in [-0.39, 0.29) is 0 Å². The fourth-order valence-electron chi connectivity index (χ4n) is 2.32. The van der Waals surface area contributed by atoms with Gasteiger partial charge < -0.3 is 25.0 Å². The Morgan fingerprint density at radius 2 is 1.84 bits per heavy atom. The minimum absolute atomic E-state index is 0.579. The zero-order chi connectivity index (χ0) is 18.1. The van der Waals surface area contributed by atoms with Crippen LogP contribution in [-0.2, 0) is 0 Å². The summed E-state index contributed by atoms with van der Waals surface area (Å²) in [4.78, 5) is 2.16. The van der Waals surface area contributed by atoms with Gasteiger partial charge in [0.25, 0.3) is 0 Å². The van der Waals surface area contributed by atoms with Gasteiger partial charge in [0.05, 0.1) is 19.4 Å². The second kappa shape index (κ2) is 9.74. The molecular formula is C19H25N3O2S. The van der Waals surface area contributed by atoms with Gasteiger partial charge in [0.1, 0.15) is 11.5 Å². The minimum Gasteiger partial charge on any atom is -0.497 e. The van der Waals surface area contributed by atoms with Crippen molar-refractivity contribution in [2.75, 3.05) is 44.1 Å². The van der Waals surface area contributed by atoms with Crippen molar-refractivity contribution in [1.29, 1.82) is 0 Å². The number of likely N-dealkylation sites (N-methyl/N-ethyl adjacent to an activating group) is 1. The zero-order valence-electron chi connectivity index (χ0n) is 14.9. The summed E-state index contributed by atoms with van der Waals surface area (Å²) in [5.41, 5.74) is 1.99. The monoisotopic (exact) mass is 359 g/mol. The first-order chi connectivity index (χ1) is 12.1. The number of para-hydroxylation sites is 2. The summed E-state index contributed by atoms with van der Waals surface area (Å²) in [7, 11) is 3.71. The number of thiocarbonyl (C=S) groups is 1. The SMILES string of the molecule is CCOc1ccccc1NC(=S)NCCN(C)c1ccc(OC)cc1. The maximum Gasteiger partial charge on any atom is 0.170 e. The molecule has 0 aliphatic heterocycles. The lowest BCUT2D eigenvalue weighted by atomic mass is 10.3. The number of methoxy groups -OCH3 is 1. The van der Waals surface area contributed by atoms with E-state index in [1.165, 1.54) is 0 Å². The number of nitrogens with zero attached hydrogens (tertiary/aromatic N) is 1. The Labute approximate surface area is 154 Å². The Bertz CT molecular complexity index is 677. The third kappa shape index (κ3) is 5.83. The van der Waals surface area contributed by atoms with Gasteiger partial charge in [0, 0.05) is 25.8 Å². The van der Waals surface area contributed by atoms with E-state index in [0.717, 1.165) is 36.0 Å². The van der Waals surface area contributed by atoms with Crippen LogP contribution in [0, 0.1) is 0 Å². The summed E-state index contributed by atoms with van der Waals surface area (Å²) >= 11 is 5.37. The fraction of sp³-hybridized carbons (Fsp3) is 0.316. The highest BCUT2D eigenvalue weighted by atomic mass is 32.1. The van der Waals surface area contributed by atoms with Gasteiger partial charge in [-0.2, -0.15) is 0 Å². The molecule has 0 unspecified atom stereocenters. The van der Waals surface area contributed by atoms with E-state index >= 15 is 0 Å². The van der Waals surface area contributed by atoms with E-state index in [4.69, 9.17) is 21.7 Å². The number of hydrogen-bond donors (Lipinski definition) is 2. The van der Waals surface area contributed by atoms with Gasteiger partial charge in [0.15, 0.2) is 5.11 Å². The number of anilines is 2. The largest absolute Gasteiger partial charge is 0.497 e. The molecule has 25 heavy (non-hydrogen) atoms. The maximum atomic E-state index is 5.59. The molecule has 0 bridgehead atoms. The van der Waals surface area contributed by atoms with Crippen molar-refractivity contribution in [3.8, 4) is 11.5 Å². The van der Waals surface area contributed by atoms with E-state index in [1.807, 2.05) is 62.5 Å². The van der Waals surface area contributed by atoms with Crippen LogP contribution < -0.4 is 25.0 Å². The average Bonchev–Trinajstić information content (AvgIpc) is 2.63. The molecule has 0 atom stereocenters. The van der Waals surface area contributed by atoms with Crippen LogP contribution in [0.25, 0.3) is 0 Å². The molecule has 2 aromatic rings. The van der Waals surface area contributed by atoms with Gasteiger partial charge >= 0.3 is 0 Å². The number of rotatable bonds is 8. The molecule has 0 saturated carbocycles. The molecular weight excluding hydrogens is 334 g/mol. The predicted octanol–water partition coefficient (Wildman–Crippen LogP) is 3.52. The lowest BCUT2D eigenvalue weighted by Gasteiger charge is -2.20. The van der Waals surface area contributed by atoms with Crippen molar-refractivity contribution in [3.63, 3.8) is 0 Å². The highest BCUT2D eigenvalue weighted by Gasteiger charge is 2.05. The number of ether oxygens (including phenoxy) is 2. The number of hydrogen-bond acceptors (Lipinski definition) is 4. The van der Waals surface area contributed by atoms with Crippen LogP contribution in [0.1, 0.15) is 6.92 Å². The minimum atomic E-state index is 0.579. The molecule has 0 saturated heterocycles. The van der Waals surface area contributed by atoms with Gasteiger partial charge in [-0.15, -0.1) is 0 Å². The molecule has 2 N–H and O–H groups in total. The maximum absolute atomic E-state index is 5.59. The standard InChI is InChI=1S/C19H25N3O2S/c1-4-24-18-8-6-5-7-17(18)21-19(25)20-13-14-22(2)15-9-11-16(23-3)12-10-15/h5-12H,4,13-14H2,1-3H3,(H2,20,21,25). The summed E-state index contributed by atoms with van der Waals surface area (Å²) in [5.74, 6) is 1.65. The van der Waals surface area contributed by atoms with Crippen molar-refractivity contribution >= 4 is 28.7 Å². The highest BCUT2D eigenvalue weighted by Crippen LogP contribution is 2.23. The molecule has 0 aromatic heterocycles. The van der Waals surface area contributed by atoms with Crippen molar-refractivity contribution in [2.45, 2.75) is 6.92 Å². The molecule has 2 rings (SSSR count). The van der Waals surface area contributed by atoms with Gasteiger partial charge in [-0.05, 0) is 55.5 Å². The molecule has 5 nitrogen and oxygen atoms in total. The van der Waals surface area contributed by atoms with Crippen LogP contribution in [0.3, 0.4) is 0 Å². The van der Waals surface area contributed by atoms with E-state index in [0.29, 0.717) is 11.7 Å². The molecule has 0 fully saturated rings. The Kier molecular flexibility index (Phi) is 7.35. The third-order valence-corrected chi connectivity index (χ3v) is 3.93. The van der Waals surface area contributed by atoms with Gasteiger partial charge in [0.2, 0.25) is 0 Å². The first kappa shape index (κ1) is 18.9. The molecule has 2 aromatic carbocycles. The predicted molar refractivity (Wildman–Crippen MR) is 108 cm³/mol. The smallest absolute Gasteiger partial charge is 0.170 e. The Balaban J connectivity index is 1.80. The summed E-state index contributed by atoms with van der Waals surface area (Å²) in [6, 6.07) is 15.7. The second-order valence-electron chi connectivity index (χ2n) is 5.43. The van der Waals surface area contributed by atoms with Gasteiger partial charge in [-0.1, -0.05) is 12.1 Å². The molecule has 0 aliphatic carbocycles. The molecule has 0 amide bonds. The summed E-state index contributed by atoms with van der Waals surface area (Å²) in [6.45, 7) is 4.13. The lowest BCUT2D eigenvalue weighted by Crippen LogP contribution is -2.35. The van der Waals surface area contributed by atoms with E-state index in [9.17, 15) is 0 Å². The molecule has 134 valence electrons. The Morgan fingerprint density at radius 3 is 2.52 bits per heavy atom. The average molecular weight is 359 g/mol. The topological polar surface area (TPSA) is 45.8 Å².